The average Bonchev–Trinajstić information content (AvgIpc) is 3.03. The number of fused-ring (bicyclic) bond motifs is 1. The van der Waals surface area contributed by atoms with Crippen LogP contribution in [0, 0.1) is 10.1 Å². The number of non-ortho nitro benzene ring substituents is 1. The van der Waals surface area contributed by atoms with Crippen LogP contribution >= 0.6 is 0 Å². The van der Waals surface area contributed by atoms with Crippen LogP contribution in [0.2, 0.25) is 0 Å². The molecule has 1 saturated heterocycles. The van der Waals surface area contributed by atoms with E-state index in [1.165, 1.54) is 39.2 Å². The van der Waals surface area contributed by atoms with Gasteiger partial charge in [0, 0.05) is 25.2 Å². The van der Waals surface area contributed by atoms with Gasteiger partial charge in [0.1, 0.15) is 0 Å². The van der Waals surface area contributed by atoms with E-state index in [-0.39, 0.29) is 41.3 Å². The Morgan fingerprint density at radius 1 is 1.10 bits per heavy atom. The normalized spacial score (nSPS) is 15.6. The predicted octanol–water partition coefficient (Wildman–Crippen LogP) is 1.57. The Morgan fingerprint density at radius 3 is 2.59 bits per heavy atom. The fourth-order valence-corrected chi connectivity index (χ4v) is 4.72. The number of nitro groups is 1. The molecule has 29 heavy (non-hydrogen) atoms. The van der Waals surface area contributed by atoms with Crippen molar-refractivity contribution in [2.75, 3.05) is 26.3 Å². The molecule has 0 unspecified atom stereocenters. The Labute approximate surface area is 165 Å². The SMILES string of the molecule is O=c1oc2ccc([N+](=O)[O-])cc2n1Cc1cccc(S(=O)(=O)N2CCOCC2)c1. The van der Waals surface area contributed by atoms with Crippen LogP contribution in [0.4, 0.5) is 5.69 Å². The minimum atomic E-state index is -3.68. The maximum atomic E-state index is 12.8. The topological polar surface area (TPSA) is 125 Å². The number of hydrogen-bond acceptors (Lipinski definition) is 7. The summed E-state index contributed by atoms with van der Waals surface area (Å²) in [6.45, 7) is 1.26. The number of morpholine rings is 1. The fourth-order valence-electron chi connectivity index (χ4n) is 3.24. The number of oxazole rings is 1. The van der Waals surface area contributed by atoms with Crippen LogP contribution in [-0.2, 0) is 21.3 Å². The van der Waals surface area contributed by atoms with Gasteiger partial charge in [-0.25, -0.2) is 13.2 Å². The molecule has 0 amide bonds. The Balaban J connectivity index is 1.70. The molecule has 11 heteroatoms. The van der Waals surface area contributed by atoms with Crippen molar-refractivity contribution in [2.45, 2.75) is 11.4 Å². The van der Waals surface area contributed by atoms with Gasteiger partial charge >= 0.3 is 5.76 Å². The van der Waals surface area contributed by atoms with Crippen LogP contribution < -0.4 is 5.76 Å². The van der Waals surface area contributed by atoms with Gasteiger partial charge in [-0.05, 0) is 23.8 Å². The van der Waals surface area contributed by atoms with Crippen LogP contribution in [0.25, 0.3) is 11.1 Å². The minimum absolute atomic E-state index is 0.0134. The molecule has 2 heterocycles. The van der Waals surface area contributed by atoms with Crippen molar-refractivity contribution in [3.8, 4) is 0 Å². The van der Waals surface area contributed by atoms with Gasteiger partial charge in [0.25, 0.3) is 5.69 Å². The summed E-state index contributed by atoms with van der Waals surface area (Å²) in [6.07, 6.45) is 0. The zero-order chi connectivity index (χ0) is 20.6. The molecule has 3 aromatic rings. The summed E-state index contributed by atoms with van der Waals surface area (Å²) < 4.78 is 38.6. The summed E-state index contributed by atoms with van der Waals surface area (Å²) in [5.41, 5.74) is 0.870. The third kappa shape index (κ3) is 3.67. The molecule has 152 valence electrons. The van der Waals surface area contributed by atoms with Gasteiger partial charge in [-0.15, -0.1) is 0 Å². The number of nitrogens with zero attached hydrogens (tertiary/aromatic N) is 3. The van der Waals surface area contributed by atoms with Gasteiger partial charge in [-0.2, -0.15) is 4.31 Å². The molecule has 0 radical (unpaired) electrons. The summed E-state index contributed by atoms with van der Waals surface area (Å²) in [5.74, 6) is -0.679. The molecule has 1 aromatic heterocycles. The molecule has 0 aliphatic carbocycles. The largest absolute Gasteiger partial charge is 0.420 e. The first-order valence-electron chi connectivity index (χ1n) is 8.81. The molecular formula is C18H17N3O7S. The lowest BCUT2D eigenvalue weighted by Crippen LogP contribution is -2.40. The van der Waals surface area contributed by atoms with Gasteiger partial charge in [0.05, 0.1) is 35.1 Å². The molecule has 0 spiro atoms. The van der Waals surface area contributed by atoms with Crippen molar-refractivity contribution >= 4 is 26.8 Å². The highest BCUT2D eigenvalue weighted by Crippen LogP contribution is 2.22. The molecule has 0 saturated carbocycles. The summed E-state index contributed by atoms with van der Waals surface area (Å²) in [4.78, 5) is 22.8. The minimum Gasteiger partial charge on any atom is -0.408 e. The van der Waals surface area contributed by atoms with E-state index in [0.29, 0.717) is 18.8 Å². The molecule has 1 fully saturated rings. The van der Waals surface area contributed by atoms with E-state index >= 15 is 0 Å². The summed E-state index contributed by atoms with van der Waals surface area (Å²) in [5, 5.41) is 11.0. The molecule has 2 aromatic carbocycles. The Bertz CT molecular complexity index is 1240. The number of benzene rings is 2. The molecule has 0 bridgehead atoms. The van der Waals surface area contributed by atoms with Crippen molar-refractivity contribution in [1.82, 2.24) is 8.87 Å². The Morgan fingerprint density at radius 2 is 1.86 bits per heavy atom. The molecule has 0 N–H and O–H groups in total. The number of nitro benzene ring substituents is 1. The van der Waals surface area contributed by atoms with E-state index in [0.717, 1.165) is 0 Å². The number of aromatic nitrogens is 1. The monoisotopic (exact) mass is 419 g/mol. The highest BCUT2D eigenvalue weighted by Gasteiger charge is 2.26. The number of sulfonamides is 1. The first-order chi connectivity index (χ1) is 13.9. The first kappa shape index (κ1) is 19.3. The van der Waals surface area contributed by atoms with E-state index in [1.54, 1.807) is 12.1 Å². The van der Waals surface area contributed by atoms with Gasteiger partial charge in [-0.3, -0.25) is 14.7 Å². The van der Waals surface area contributed by atoms with Crippen molar-refractivity contribution in [2.24, 2.45) is 0 Å². The third-order valence-corrected chi connectivity index (χ3v) is 6.60. The molecule has 1 aliphatic heterocycles. The van der Waals surface area contributed by atoms with E-state index in [4.69, 9.17) is 9.15 Å². The zero-order valence-corrected chi connectivity index (χ0v) is 16.0. The lowest BCUT2D eigenvalue weighted by atomic mass is 10.2. The maximum absolute atomic E-state index is 12.8. The fraction of sp³-hybridized carbons (Fsp3) is 0.278. The molecule has 10 nitrogen and oxygen atoms in total. The maximum Gasteiger partial charge on any atom is 0.420 e. The second-order valence-electron chi connectivity index (χ2n) is 6.53. The lowest BCUT2D eigenvalue weighted by Gasteiger charge is -2.26. The van der Waals surface area contributed by atoms with Crippen LogP contribution in [0.15, 0.2) is 56.6 Å². The standard InChI is InChI=1S/C18H17N3O7S/c22-18-20(16-11-14(21(23)24)4-5-17(16)28-18)12-13-2-1-3-15(10-13)29(25,26)19-6-8-27-9-7-19/h1-5,10-11H,6-9,12H2. The average molecular weight is 419 g/mol. The number of ether oxygens (including phenoxy) is 1. The molecule has 4 rings (SSSR count). The summed E-state index contributed by atoms with van der Waals surface area (Å²) >= 11 is 0. The third-order valence-electron chi connectivity index (χ3n) is 4.71. The number of rotatable bonds is 5. The summed E-state index contributed by atoms with van der Waals surface area (Å²) in [6, 6.07) is 10.1. The van der Waals surface area contributed by atoms with Crippen LogP contribution in [0.1, 0.15) is 5.56 Å². The van der Waals surface area contributed by atoms with E-state index in [1.807, 2.05) is 0 Å². The lowest BCUT2D eigenvalue weighted by molar-refractivity contribution is -0.384. The molecular weight excluding hydrogens is 402 g/mol. The van der Waals surface area contributed by atoms with Crippen molar-refractivity contribution in [3.05, 3.63) is 68.7 Å². The van der Waals surface area contributed by atoms with Crippen LogP contribution in [0.5, 0.6) is 0 Å². The number of hydrogen-bond donors (Lipinski definition) is 0. The predicted molar refractivity (Wildman–Crippen MR) is 102 cm³/mol. The van der Waals surface area contributed by atoms with E-state index in [2.05, 4.69) is 0 Å². The highest BCUT2D eigenvalue weighted by molar-refractivity contribution is 7.89. The molecule has 0 atom stereocenters. The second-order valence-corrected chi connectivity index (χ2v) is 8.47. The van der Waals surface area contributed by atoms with Gasteiger partial charge in [0.15, 0.2) is 5.58 Å². The zero-order valence-electron chi connectivity index (χ0n) is 15.2. The summed E-state index contributed by atoms with van der Waals surface area (Å²) in [7, 11) is -3.68. The van der Waals surface area contributed by atoms with Gasteiger partial charge in [0.2, 0.25) is 10.0 Å². The second kappa shape index (κ2) is 7.43. The van der Waals surface area contributed by atoms with Crippen LogP contribution in [-0.4, -0.2) is 48.5 Å². The van der Waals surface area contributed by atoms with Gasteiger partial charge in [-0.1, -0.05) is 12.1 Å². The highest BCUT2D eigenvalue weighted by atomic mass is 32.2. The molecule has 1 aliphatic rings. The Hall–Kier alpha value is -3.02. The van der Waals surface area contributed by atoms with Crippen molar-refractivity contribution in [1.29, 1.82) is 0 Å². The van der Waals surface area contributed by atoms with Gasteiger partial charge < -0.3 is 9.15 Å². The smallest absolute Gasteiger partial charge is 0.408 e. The van der Waals surface area contributed by atoms with Crippen molar-refractivity contribution < 1.29 is 22.5 Å². The van der Waals surface area contributed by atoms with Crippen molar-refractivity contribution in [3.63, 3.8) is 0 Å². The van der Waals surface area contributed by atoms with E-state index in [9.17, 15) is 23.3 Å². The first-order valence-corrected chi connectivity index (χ1v) is 10.2. The quantitative estimate of drug-likeness (QED) is 0.454. The van der Waals surface area contributed by atoms with E-state index < -0.39 is 20.7 Å². The van der Waals surface area contributed by atoms with Crippen LogP contribution in [0.3, 0.4) is 0 Å². The Kier molecular flexibility index (Phi) is 4.94.